The Morgan fingerprint density at radius 3 is 2.25 bits per heavy atom. The maximum absolute atomic E-state index is 16.3. The summed E-state index contributed by atoms with van der Waals surface area (Å²) in [7, 11) is -9.31. The minimum atomic E-state index is -4.74. The second kappa shape index (κ2) is 16.5. The Bertz CT molecular complexity index is 1630. The molecule has 0 radical (unpaired) electrons. The number of esters is 2. The molecule has 1 saturated heterocycles. The van der Waals surface area contributed by atoms with Gasteiger partial charge in [0.15, 0.2) is 12.4 Å². The van der Waals surface area contributed by atoms with Crippen LogP contribution >= 0.6 is 15.3 Å². The van der Waals surface area contributed by atoms with Crippen LogP contribution in [-0.2, 0) is 42.0 Å². The normalized spacial score (nSPS) is 23.2. The molecule has 0 amide bonds. The third-order valence-corrected chi connectivity index (χ3v) is 9.91. The molecule has 1 aliphatic rings. The monoisotopic (exact) mass is 721 g/mol. The topological polar surface area (TPSA) is 211 Å². The standard InChI is InChI=1S/C29H42FN3O13P2/c1-16(2)42-27(35)19(6)15-47(38,39)41-14-22-24(23(30)26(44-22)33-13-18(5)25(34)31-29(33)37)46-48(40,45-21-11-9-8-10-12-21)32-20(7)28(36)43-17(3)4/h8-13,16-17,19-20,22-24,26H,14-15H2,1-7H3,(H,32,40)(H,38,39)(H,31,34,37)/t19-,20+,22+,23-,24?,26+,48-/m1/s1. The molecule has 1 aromatic heterocycles. The van der Waals surface area contributed by atoms with Crippen molar-refractivity contribution in [2.24, 2.45) is 5.92 Å². The summed E-state index contributed by atoms with van der Waals surface area (Å²) >= 11 is 0. The van der Waals surface area contributed by atoms with Crippen LogP contribution in [0.4, 0.5) is 4.39 Å². The van der Waals surface area contributed by atoms with E-state index in [0.717, 1.165) is 10.8 Å². The van der Waals surface area contributed by atoms with Crippen LogP contribution in [0.3, 0.4) is 0 Å². The number of alkyl halides is 1. The van der Waals surface area contributed by atoms with Crippen molar-refractivity contribution < 1.29 is 55.8 Å². The third-order valence-electron chi connectivity index (χ3n) is 6.67. The first-order valence-corrected chi connectivity index (χ1v) is 18.4. The van der Waals surface area contributed by atoms with Gasteiger partial charge in [0.1, 0.15) is 24.0 Å². The summed E-state index contributed by atoms with van der Waals surface area (Å²) in [5.41, 5.74) is -1.74. The Balaban J connectivity index is 1.97. The number of carbonyl (C=O) groups excluding carboxylic acids is 2. The maximum atomic E-state index is 16.3. The van der Waals surface area contributed by atoms with E-state index in [4.69, 9.17) is 27.8 Å². The zero-order valence-electron chi connectivity index (χ0n) is 27.6. The molecule has 19 heteroatoms. The molecule has 1 fully saturated rings. The number of para-hydroxylation sites is 1. The average Bonchev–Trinajstić information content (AvgIpc) is 3.27. The molecule has 0 saturated carbocycles. The highest BCUT2D eigenvalue weighted by Gasteiger charge is 2.52. The maximum Gasteiger partial charge on any atom is 0.459 e. The van der Waals surface area contributed by atoms with Gasteiger partial charge in [-0.05, 0) is 53.7 Å². The van der Waals surface area contributed by atoms with E-state index in [2.05, 4.69) is 5.09 Å². The molecular formula is C29H42FN3O13P2. The van der Waals surface area contributed by atoms with Crippen molar-refractivity contribution in [3.63, 3.8) is 0 Å². The fourth-order valence-electron chi connectivity index (χ4n) is 4.45. The smallest absolute Gasteiger partial charge is 0.459 e. The van der Waals surface area contributed by atoms with E-state index in [9.17, 15) is 33.2 Å². The van der Waals surface area contributed by atoms with Gasteiger partial charge in [-0.1, -0.05) is 25.1 Å². The Kier molecular flexibility index (Phi) is 13.5. The number of halogens is 1. The number of nitrogens with zero attached hydrogens (tertiary/aromatic N) is 1. The van der Waals surface area contributed by atoms with Gasteiger partial charge in [0.25, 0.3) is 5.56 Å². The summed E-state index contributed by atoms with van der Waals surface area (Å²) in [6.45, 7) is 9.61. The lowest BCUT2D eigenvalue weighted by Crippen LogP contribution is -2.41. The summed E-state index contributed by atoms with van der Waals surface area (Å²) < 4.78 is 76.9. The van der Waals surface area contributed by atoms with Gasteiger partial charge in [-0.15, -0.1) is 0 Å². The third kappa shape index (κ3) is 10.9. The molecule has 48 heavy (non-hydrogen) atoms. The van der Waals surface area contributed by atoms with E-state index < -0.39 is 100 Å². The van der Waals surface area contributed by atoms with Crippen molar-refractivity contribution in [3.8, 4) is 5.75 Å². The van der Waals surface area contributed by atoms with E-state index in [-0.39, 0.29) is 11.3 Å². The van der Waals surface area contributed by atoms with E-state index in [0.29, 0.717) is 0 Å². The lowest BCUT2D eigenvalue weighted by atomic mass is 10.1. The zero-order chi connectivity index (χ0) is 36.0. The molecule has 1 aromatic carbocycles. The Morgan fingerprint density at radius 2 is 1.65 bits per heavy atom. The molecular weight excluding hydrogens is 679 g/mol. The fourth-order valence-corrected chi connectivity index (χ4v) is 7.48. The molecule has 0 spiro atoms. The molecule has 0 aliphatic carbocycles. The van der Waals surface area contributed by atoms with Crippen LogP contribution in [0, 0.1) is 12.8 Å². The number of hydrogen-bond donors (Lipinski definition) is 3. The predicted octanol–water partition coefficient (Wildman–Crippen LogP) is 3.37. The lowest BCUT2D eigenvalue weighted by Gasteiger charge is -2.28. The molecule has 2 heterocycles. The van der Waals surface area contributed by atoms with Crippen molar-refractivity contribution in [2.45, 2.75) is 91.3 Å². The molecule has 268 valence electrons. The quantitative estimate of drug-likeness (QED) is 0.168. The van der Waals surface area contributed by atoms with E-state index in [1.165, 1.54) is 32.9 Å². The summed E-state index contributed by atoms with van der Waals surface area (Å²) in [5.74, 6) is -2.62. The Labute approximate surface area is 276 Å². The fraction of sp³-hybridized carbons (Fsp3) is 0.586. The number of rotatable bonds is 16. The van der Waals surface area contributed by atoms with Crippen LogP contribution in [0.2, 0.25) is 0 Å². The van der Waals surface area contributed by atoms with Gasteiger partial charge in [0.05, 0.1) is 30.9 Å². The van der Waals surface area contributed by atoms with Crippen LogP contribution in [0.1, 0.15) is 53.3 Å². The molecule has 3 N–H and O–H groups in total. The van der Waals surface area contributed by atoms with Gasteiger partial charge >= 0.3 is 33.0 Å². The van der Waals surface area contributed by atoms with Crippen molar-refractivity contribution in [1.82, 2.24) is 14.6 Å². The number of nitrogens with one attached hydrogen (secondary N) is 2. The van der Waals surface area contributed by atoms with Crippen molar-refractivity contribution in [3.05, 3.63) is 62.9 Å². The van der Waals surface area contributed by atoms with E-state index in [1.54, 1.807) is 45.9 Å². The first-order valence-electron chi connectivity index (χ1n) is 15.1. The minimum Gasteiger partial charge on any atom is -0.463 e. The van der Waals surface area contributed by atoms with Gasteiger partial charge in [-0.3, -0.25) is 33.0 Å². The number of carbonyl (C=O) groups is 2. The number of aryl methyl sites for hydroxylation is 1. The van der Waals surface area contributed by atoms with E-state index >= 15 is 4.39 Å². The Morgan fingerprint density at radius 1 is 1.04 bits per heavy atom. The molecule has 2 aromatic rings. The molecule has 2 unspecified atom stereocenters. The van der Waals surface area contributed by atoms with Gasteiger partial charge in [-0.25, -0.2) is 13.8 Å². The van der Waals surface area contributed by atoms with Gasteiger partial charge < -0.3 is 28.2 Å². The molecule has 16 nitrogen and oxygen atoms in total. The summed E-state index contributed by atoms with van der Waals surface area (Å²) in [6, 6.07) is 6.30. The van der Waals surface area contributed by atoms with E-state index in [1.807, 2.05) is 4.98 Å². The van der Waals surface area contributed by atoms with Crippen LogP contribution in [0.5, 0.6) is 5.75 Å². The van der Waals surface area contributed by atoms with Crippen LogP contribution in [-0.4, -0.2) is 75.8 Å². The SMILES string of the molecule is Cc1cn([C@H]2O[C@@H](COP(=O)(O)C[C@@H](C)C(=O)OC(C)C)C(O[P@@](=O)(N[C@@H](C)C(=O)OC(C)C)Oc3ccccc3)[C@H]2F)c(=O)[nH]c1=O. The highest BCUT2D eigenvalue weighted by Crippen LogP contribution is 2.51. The number of ether oxygens (including phenoxy) is 3. The van der Waals surface area contributed by atoms with Crippen LogP contribution < -0.4 is 20.9 Å². The summed E-state index contributed by atoms with van der Waals surface area (Å²) in [4.78, 5) is 62.0. The number of H-pyrrole nitrogens is 1. The number of aromatic nitrogens is 2. The first-order chi connectivity index (χ1) is 22.3. The first kappa shape index (κ1) is 39.3. The largest absolute Gasteiger partial charge is 0.463 e. The molecule has 8 atom stereocenters. The van der Waals surface area contributed by atoms with Gasteiger partial charge in [0.2, 0.25) is 0 Å². The van der Waals surface area contributed by atoms with Crippen LogP contribution in [0.25, 0.3) is 0 Å². The summed E-state index contributed by atoms with van der Waals surface area (Å²) in [5, 5.41) is 2.43. The minimum absolute atomic E-state index is 0.00560. The number of hydrogen-bond acceptors (Lipinski definition) is 12. The van der Waals surface area contributed by atoms with Gasteiger partial charge in [-0.2, -0.15) is 5.09 Å². The van der Waals surface area contributed by atoms with Gasteiger partial charge in [0, 0.05) is 11.8 Å². The number of aromatic amines is 1. The second-order valence-electron chi connectivity index (χ2n) is 11.8. The average molecular weight is 722 g/mol. The molecule has 1 aliphatic heterocycles. The molecule has 3 rings (SSSR count). The number of benzene rings is 1. The van der Waals surface area contributed by atoms with Crippen molar-refractivity contribution >= 4 is 27.3 Å². The highest BCUT2D eigenvalue weighted by atomic mass is 31.2. The predicted molar refractivity (Wildman–Crippen MR) is 169 cm³/mol. The van der Waals surface area contributed by atoms with Crippen molar-refractivity contribution in [2.75, 3.05) is 12.8 Å². The summed E-state index contributed by atoms with van der Waals surface area (Å²) in [6.07, 6.45) is -8.31. The Hall–Kier alpha value is -3.17. The second-order valence-corrected chi connectivity index (χ2v) is 15.3. The lowest BCUT2D eigenvalue weighted by molar-refractivity contribution is -0.151. The zero-order valence-corrected chi connectivity index (χ0v) is 29.4. The van der Waals surface area contributed by atoms with Crippen LogP contribution in [0.15, 0.2) is 46.1 Å². The molecule has 0 bridgehead atoms. The van der Waals surface area contributed by atoms with Crippen molar-refractivity contribution in [1.29, 1.82) is 0 Å². The highest BCUT2D eigenvalue weighted by molar-refractivity contribution is 7.53.